The number of likely N-dealkylation sites (N-methyl/N-ethyl adjacent to an activating group) is 2. The van der Waals surface area contributed by atoms with Crippen molar-refractivity contribution in [2.45, 2.75) is 12.0 Å². The Morgan fingerprint density at radius 1 is 1.19 bits per heavy atom. The lowest BCUT2D eigenvalue weighted by Crippen LogP contribution is -2.57. The van der Waals surface area contributed by atoms with E-state index in [1.54, 1.807) is 0 Å². The third-order valence-electron chi connectivity index (χ3n) is 4.20. The Bertz CT molecular complexity index is 225. The van der Waals surface area contributed by atoms with Crippen LogP contribution in [0.25, 0.3) is 0 Å². The smallest absolute Gasteiger partial charge is 0.0469 e. The van der Waals surface area contributed by atoms with Crippen molar-refractivity contribution in [1.29, 1.82) is 0 Å². The van der Waals surface area contributed by atoms with E-state index < -0.39 is 0 Å². The molecule has 0 aromatic heterocycles. The zero-order chi connectivity index (χ0) is 11.6. The van der Waals surface area contributed by atoms with E-state index in [1.807, 2.05) is 0 Å². The van der Waals surface area contributed by atoms with Crippen molar-refractivity contribution in [3.8, 4) is 0 Å². The molecule has 2 saturated heterocycles. The molecule has 1 atom stereocenters. The summed E-state index contributed by atoms with van der Waals surface area (Å²) in [7, 11) is 6.71. The van der Waals surface area contributed by atoms with Gasteiger partial charge in [-0.05, 0) is 34.1 Å². The molecule has 4 nitrogen and oxygen atoms in total. The lowest BCUT2D eigenvalue weighted by molar-refractivity contribution is 0.0886. The Hall–Kier alpha value is -0.160. The van der Waals surface area contributed by atoms with Gasteiger partial charge >= 0.3 is 0 Å². The summed E-state index contributed by atoms with van der Waals surface area (Å²) in [5.41, 5.74) is 0.381. The fraction of sp³-hybridized carbons (Fsp3) is 1.00. The molecule has 0 aromatic rings. The molecule has 0 aliphatic carbocycles. The molecule has 2 aliphatic heterocycles. The van der Waals surface area contributed by atoms with Gasteiger partial charge < -0.3 is 15.1 Å². The zero-order valence-corrected chi connectivity index (χ0v) is 11.0. The van der Waals surface area contributed by atoms with Crippen LogP contribution in [0.15, 0.2) is 0 Å². The minimum atomic E-state index is 0.381. The minimum Gasteiger partial charge on any atom is -0.314 e. The number of piperazine rings is 1. The van der Waals surface area contributed by atoms with Crippen molar-refractivity contribution in [2.24, 2.45) is 0 Å². The summed E-state index contributed by atoms with van der Waals surface area (Å²) in [5.74, 6) is 0. The summed E-state index contributed by atoms with van der Waals surface area (Å²) < 4.78 is 0. The van der Waals surface area contributed by atoms with Crippen molar-refractivity contribution in [2.75, 3.05) is 67.0 Å². The monoisotopic (exact) mass is 226 g/mol. The number of hydrogen-bond donors (Lipinski definition) is 1. The first-order chi connectivity index (χ1) is 7.62. The number of hydrogen-bond acceptors (Lipinski definition) is 4. The largest absolute Gasteiger partial charge is 0.314 e. The van der Waals surface area contributed by atoms with E-state index in [0.717, 1.165) is 13.1 Å². The SMILES string of the molecule is CN1CCC(CN2CCNCC2)(N(C)C)C1. The number of likely N-dealkylation sites (tertiary alicyclic amines) is 1. The fourth-order valence-electron chi connectivity index (χ4n) is 2.98. The summed E-state index contributed by atoms with van der Waals surface area (Å²) in [6.07, 6.45) is 1.31. The van der Waals surface area contributed by atoms with Gasteiger partial charge in [0.15, 0.2) is 0 Å². The molecule has 4 heteroatoms. The molecule has 94 valence electrons. The van der Waals surface area contributed by atoms with Gasteiger partial charge in [0.05, 0.1) is 0 Å². The third-order valence-corrected chi connectivity index (χ3v) is 4.20. The van der Waals surface area contributed by atoms with Crippen LogP contribution in [0.5, 0.6) is 0 Å². The number of rotatable bonds is 3. The van der Waals surface area contributed by atoms with Gasteiger partial charge in [0.2, 0.25) is 0 Å². The van der Waals surface area contributed by atoms with Gasteiger partial charge in [-0.15, -0.1) is 0 Å². The molecule has 2 aliphatic rings. The molecule has 0 amide bonds. The van der Waals surface area contributed by atoms with Crippen LogP contribution in [0.3, 0.4) is 0 Å². The highest BCUT2D eigenvalue weighted by Crippen LogP contribution is 2.26. The van der Waals surface area contributed by atoms with Crippen LogP contribution in [0.2, 0.25) is 0 Å². The predicted molar refractivity (Wildman–Crippen MR) is 67.8 cm³/mol. The highest BCUT2D eigenvalue weighted by atomic mass is 15.3. The maximum Gasteiger partial charge on any atom is 0.0469 e. The van der Waals surface area contributed by atoms with Gasteiger partial charge in [-0.2, -0.15) is 0 Å². The van der Waals surface area contributed by atoms with E-state index >= 15 is 0 Å². The molecule has 1 N–H and O–H groups in total. The van der Waals surface area contributed by atoms with E-state index in [-0.39, 0.29) is 0 Å². The van der Waals surface area contributed by atoms with Crippen molar-refractivity contribution in [3.63, 3.8) is 0 Å². The van der Waals surface area contributed by atoms with E-state index in [4.69, 9.17) is 0 Å². The quantitative estimate of drug-likeness (QED) is 0.702. The molecule has 2 fully saturated rings. The Kier molecular flexibility index (Phi) is 3.85. The van der Waals surface area contributed by atoms with Crippen LogP contribution in [0.1, 0.15) is 6.42 Å². The molecule has 1 unspecified atom stereocenters. The molecular formula is C12H26N4. The van der Waals surface area contributed by atoms with Gasteiger partial charge in [-0.1, -0.05) is 0 Å². The Morgan fingerprint density at radius 3 is 2.38 bits per heavy atom. The van der Waals surface area contributed by atoms with Crippen molar-refractivity contribution >= 4 is 0 Å². The van der Waals surface area contributed by atoms with Crippen LogP contribution >= 0.6 is 0 Å². The lowest BCUT2D eigenvalue weighted by atomic mass is 9.96. The minimum absolute atomic E-state index is 0.381. The van der Waals surface area contributed by atoms with Gasteiger partial charge in [0, 0.05) is 44.8 Å². The average molecular weight is 226 g/mol. The van der Waals surface area contributed by atoms with Crippen molar-refractivity contribution in [3.05, 3.63) is 0 Å². The van der Waals surface area contributed by atoms with Crippen LogP contribution in [-0.4, -0.2) is 87.2 Å². The summed E-state index contributed by atoms with van der Waals surface area (Å²) in [6, 6.07) is 0. The average Bonchev–Trinajstić information content (AvgIpc) is 2.63. The molecular weight excluding hydrogens is 200 g/mol. The van der Waals surface area contributed by atoms with Gasteiger partial charge in [-0.3, -0.25) is 4.90 Å². The second kappa shape index (κ2) is 5.00. The van der Waals surface area contributed by atoms with Gasteiger partial charge in [0.1, 0.15) is 0 Å². The standard InChI is InChI=1S/C12H26N4/c1-14(2)12(4-7-15(3)10-12)11-16-8-5-13-6-9-16/h13H,4-11H2,1-3H3. The lowest BCUT2D eigenvalue weighted by Gasteiger charge is -2.41. The molecule has 0 aromatic carbocycles. The topological polar surface area (TPSA) is 21.8 Å². The molecule has 2 heterocycles. The first-order valence-electron chi connectivity index (χ1n) is 6.41. The Labute approximate surface area is 99.6 Å². The summed E-state index contributed by atoms with van der Waals surface area (Å²) in [4.78, 5) is 7.52. The normalized spacial score (nSPS) is 33.8. The van der Waals surface area contributed by atoms with Crippen molar-refractivity contribution in [1.82, 2.24) is 20.0 Å². The van der Waals surface area contributed by atoms with E-state index in [0.29, 0.717) is 5.54 Å². The van der Waals surface area contributed by atoms with Crippen molar-refractivity contribution < 1.29 is 0 Å². The highest BCUT2D eigenvalue weighted by molar-refractivity contribution is 4.99. The molecule has 0 spiro atoms. The van der Waals surface area contributed by atoms with Gasteiger partial charge in [-0.25, -0.2) is 0 Å². The summed E-state index contributed by atoms with van der Waals surface area (Å²) in [5, 5.41) is 3.42. The summed E-state index contributed by atoms with van der Waals surface area (Å²) >= 11 is 0. The second-order valence-corrected chi connectivity index (χ2v) is 5.63. The van der Waals surface area contributed by atoms with E-state index in [2.05, 4.69) is 41.2 Å². The maximum absolute atomic E-state index is 3.42. The Morgan fingerprint density at radius 2 is 1.88 bits per heavy atom. The van der Waals surface area contributed by atoms with Crippen LogP contribution in [0.4, 0.5) is 0 Å². The van der Waals surface area contributed by atoms with Crippen LogP contribution < -0.4 is 5.32 Å². The first-order valence-corrected chi connectivity index (χ1v) is 6.41. The predicted octanol–water partition coefficient (Wildman–Crippen LogP) is -0.472. The molecule has 2 rings (SSSR count). The summed E-state index contributed by atoms with van der Waals surface area (Å²) in [6.45, 7) is 8.40. The maximum atomic E-state index is 3.42. The zero-order valence-electron chi connectivity index (χ0n) is 11.0. The highest BCUT2D eigenvalue weighted by Gasteiger charge is 2.40. The molecule has 16 heavy (non-hydrogen) atoms. The van der Waals surface area contributed by atoms with Crippen LogP contribution in [0, 0.1) is 0 Å². The molecule has 0 radical (unpaired) electrons. The molecule has 0 saturated carbocycles. The Balaban J connectivity index is 1.97. The van der Waals surface area contributed by atoms with Crippen LogP contribution in [-0.2, 0) is 0 Å². The fourth-order valence-corrected chi connectivity index (χ4v) is 2.98. The number of nitrogens with one attached hydrogen (secondary N) is 1. The number of nitrogens with zero attached hydrogens (tertiary/aromatic N) is 3. The third kappa shape index (κ3) is 2.56. The van der Waals surface area contributed by atoms with E-state index in [9.17, 15) is 0 Å². The molecule has 0 bridgehead atoms. The first kappa shape index (κ1) is 12.3. The van der Waals surface area contributed by atoms with E-state index in [1.165, 1.54) is 39.1 Å². The second-order valence-electron chi connectivity index (χ2n) is 5.63. The van der Waals surface area contributed by atoms with Gasteiger partial charge in [0.25, 0.3) is 0 Å².